The van der Waals surface area contributed by atoms with Gasteiger partial charge in [0.05, 0.1) is 15.1 Å². The third-order valence-corrected chi connectivity index (χ3v) is 8.94. The molecule has 43 heavy (non-hydrogen) atoms. The smallest absolute Gasteiger partial charge is 0.164 e. The minimum atomic E-state index is 0.229. The van der Waals surface area contributed by atoms with E-state index in [9.17, 15) is 0 Å². The van der Waals surface area contributed by atoms with Crippen molar-refractivity contribution in [2.75, 3.05) is 0 Å². The topological polar surface area (TPSA) is 109 Å². The van der Waals surface area contributed by atoms with Crippen LogP contribution in [0.25, 0.3) is 89.7 Å². The third-order valence-electron chi connectivity index (χ3n) is 7.68. The fraction of sp³-hybridized carbons (Fsp3) is 0. The molecule has 2 N–H and O–H groups in total. The molecular weight excluding hydrogens is 603 g/mol. The van der Waals surface area contributed by atoms with Crippen LogP contribution in [0.3, 0.4) is 0 Å². The predicted octanol–water partition coefficient (Wildman–Crippen LogP) is 8.83. The molecule has 0 fully saturated rings. The summed E-state index contributed by atoms with van der Waals surface area (Å²) in [5.41, 5.74) is 5.56. The summed E-state index contributed by atoms with van der Waals surface area (Å²) in [5.74, 6) is 2.00. The molecule has 0 saturated carbocycles. The quantitative estimate of drug-likeness (QED) is 0.165. The van der Waals surface area contributed by atoms with Gasteiger partial charge in [0.25, 0.3) is 0 Å². The largest absolute Gasteiger partial charge is 0.324 e. The number of nitrogens with one attached hydrogen (secondary N) is 2. The van der Waals surface area contributed by atoms with E-state index in [1.54, 1.807) is 6.07 Å². The molecule has 0 spiro atoms. The van der Waals surface area contributed by atoms with Crippen molar-refractivity contribution in [2.45, 2.75) is 0 Å². The van der Waals surface area contributed by atoms with Crippen molar-refractivity contribution in [1.82, 2.24) is 39.9 Å². The van der Waals surface area contributed by atoms with Gasteiger partial charge in [-0.2, -0.15) is 0 Å². The second-order valence-corrected chi connectivity index (χ2v) is 11.3. The van der Waals surface area contributed by atoms with Crippen LogP contribution in [-0.4, -0.2) is 39.9 Å². The first-order valence-electron chi connectivity index (χ1n) is 13.3. The lowest BCUT2D eigenvalue weighted by atomic mass is 10.1. The number of hydrogen-bond donors (Lipinski definition) is 2. The van der Waals surface area contributed by atoms with E-state index in [0.29, 0.717) is 61.7 Å². The summed E-state index contributed by atoms with van der Waals surface area (Å²) in [5, 5.41) is 3.84. The van der Waals surface area contributed by atoms with E-state index in [2.05, 4.69) is 9.97 Å². The Morgan fingerprint density at radius 1 is 0.419 bits per heavy atom. The zero-order chi connectivity index (χ0) is 28.8. The first-order valence-corrected chi connectivity index (χ1v) is 14.4. The molecule has 8 bridgehead atoms. The number of hydrogen-bond acceptors (Lipinski definition) is 6. The van der Waals surface area contributed by atoms with E-state index in [4.69, 9.17) is 64.7 Å². The van der Waals surface area contributed by atoms with E-state index in [0.717, 1.165) is 33.0 Å². The zero-order valence-corrected chi connectivity index (χ0v) is 24.1. The van der Waals surface area contributed by atoms with Crippen LogP contribution in [0.2, 0.25) is 15.1 Å². The summed E-state index contributed by atoms with van der Waals surface area (Å²) in [6.45, 7) is 0. The van der Waals surface area contributed by atoms with Crippen LogP contribution in [0, 0.1) is 0 Å². The van der Waals surface area contributed by atoms with Gasteiger partial charge in [0, 0.05) is 43.8 Å². The number of nitrogens with zero attached hydrogens (tertiary/aromatic N) is 6. The number of fused-ring (bicyclic) bond motifs is 20. The van der Waals surface area contributed by atoms with Gasteiger partial charge in [-0.3, -0.25) is 0 Å². The van der Waals surface area contributed by atoms with E-state index < -0.39 is 0 Å². The van der Waals surface area contributed by atoms with Crippen LogP contribution < -0.4 is 0 Å². The average Bonchev–Trinajstić information content (AvgIpc) is 3.75. The zero-order valence-electron chi connectivity index (χ0n) is 21.8. The Bertz CT molecular complexity index is 2520. The van der Waals surface area contributed by atoms with Crippen molar-refractivity contribution in [3.63, 3.8) is 0 Å². The maximum absolute atomic E-state index is 6.79. The number of halogens is 3. The summed E-state index contributed by atoms with van der Waals surface area (Å²) >= 11 is 19.8. The molecule has 0 radical (unpaired) electrons. The molecule has 0 atom stereocenters. The molecular formula is C32H15Cl3N8. The van der Waals surface area contributed by atoms with E-state index >= 15 is 0 Å². The fourth-order valence-corrected chi connectivity index (χ4v) is 6.39. The molecule has 0 amide bonds. The maximum atomic E-state index is 6.79. The first-order chi connectivity index (χ1) is 21.0. The molecule has 4 aromatic carbocycles. The highest BCUT2D eigenvalue weighted by Gasteiger charge is 2.23. The number of aromatic nitrogens is 8. The highest BCUT2D eigenvalue weighted by Crippen LogP contribution is 2.41. The number of aromatic amines is 2. The molecule has 7 aromatic rings. The Balaban J connectivity index is 1.53. The van der Waals surface area contributed by atoms with Gasteiger partial charge in [-0.15, -0.1) is 0 Å². The molecule has 2 aliphatic rings. The van der Waals surface area contributed by atoms with Crippen LogP contribution in [-0.2, 0) is 0 Å². The SMILES string of the molecule is Clc1cc2c3nc4nc(nc5[nH]c(nc6nc(nc([nH]3)c2c(Cl)c1Cl)-c1ccccc1-6)c1ccccc51)-c1ccccc1-4. The van der Waals surface area contributed by atoms with Crippen molar-refractivity contribution in [2.24, 2.45) is 0 Å². The number of benzene rings is 4. The lowest BCUT2D eigenvalue weighted by Gasteiger charge is -2.01. The van der Waals surface area contributed by atoms with Crippen LogP contribution in [0.1, 0.15) is 0 Å². The van der Waals surface area contributed by atoms with Crippen molar-refractivity contribution in [3.8, 4) is 45.6 Å². The van der Waals surface area contributed by atoms with Crippen molar-refractivity contribution in [1.29, 1.82) is 0 Å². The molecule has 0 aliphatic carbocycles. The monoisotopic (exact) mass is 616 g/mol. The Kier molecular flexibility index (Phi) is 5.20. The summed E-state index contributed by atoms with van der Waals surface area (Å²) < 4.78 is 0. The van der Waals surface area contributed by atoms with Crippen molar-refractivity contribution in [3.05, 3.63) is 93.9 Å². The standard InChI is InChI=1S/C32H15Cl3N8/c33-21-13-20-22(24(35)23(21)34)32-42-30-19-12-6-5-11-18(19)28(40-30)38-26-15-8-2-1-7-14(15)25(36-26)37-27-16-9-3-4-10-17(16)29(39-27)41-31(20)43-32/h1-13H,(H2,36,37,38,39,40,41,42,43). The van der Waals surface area contributed by atoms with Gasteiger partial charge >= 0.3 is 0 Å². The molecule has 0 saturated heterocycles. The van der Waals surface area contributed by atoms with Gasteiger partial charge in [0.2, 0.25) is 0 Å². The molecule has 5 heterocycles. The second kappa shape index (κ2) is 9.05. The Morgan fingerprint density at radius 3 is 1.30 bits per heavy atom. The summed E-state index contributed by atoms with van der Waals surface area (Å²) in [7, 11) is 0. The normalized spacial score (nSPS) is 12.1. The number of H-pyrrole nitrogens is 2. The first kappa shape index (κ1) is 24.7. The average molecular weight is 618 g/mol. The molecule has 11 heteroatoms. The highest BCUT2D eigenvalue weighted by atomic mass is 35.5. The molecule has 3 aromatic heterocycles. The van der Waals surface area contributed by atoms with Crippen molar-refractivity contribution < 1.29 is 0 Å². The van der Waals surface area contributed by atoms with Gasteiger partial charge in [0.15, 0.2) is 23.3 Å². The molecule has 9 rings (SSSR count). The Morgan fingerprint density at radius 2 is 0.814 bits per heavy atom. The summed E-state index contributed by atoms with van der Waals surface area (Å²) in [6, 6.07) is 25.4. The highest BCUT2D eigenvalue weighted by molar-refractivity contribution is 6.51. The minimum Gasteiger partial charge on any atom is -0.324 e. The maximum Gasteiger partial charge on any atom is 0.164 e. The van der Waals surface area contributed by atoms with Gasteiger partial charge in [-0.25, -0.2) is 29.9 Å². The van der Waals surface area contributed by atoms with E-state index in [-0.39, 0.29) is 10.0 Å². The minimum absolute atomic E-state index is 0.229. The molecule has 8 nitrogen and oxygen atoms in total. The summed E-state index contributed by atoms with van der Waals surface area (Å²) in [4.78, 5) is 36.4. The summed E-state index contributed by atoms with van der Waals surface area (Å²) in [6.07, 6.45) is 0. The van der Waals surface area contributed by atoms with E-state index in [1.807, 2.05) is 72.8 Å². The van der Waals surface area contributed by atoms with Crippen LogP contribution >= 0.6 is 34.8 Å². The fourth-order valence-electron chi connectivity index (χ4n) is 5.70. The van der Waals surface area contributed by atoms with Gasteiger partial charge < -0.3 is 9.97 Å². The van der Waals surface area contributed by atoms with Crippen LogP contribution in [0.4, 0.5) is 0 Å². The van der Waals surface area contributed by atoms with Crippen LogP contribution in [0.5, 0.6) is 0 Å². The van der Waals surface area contributed by atoms with Gasteiger partial charge in [-0.05, 0) is 6.07 Å². The Labute approximate surface area is 257 Å². The molecule has 2 aliphatic heterocycles. The van der Waals surface area contributed by atoms with Crippen molar-refractivity contribution >= 4 is 78.9 Å². The Hall–Kier alpha value is -4.89. The van der Waals surface area contributed by atoms with E-state index in [1.165, 1.54) is 0 Å². The lowest BCUT2D eigenvalue weighted by Crippen LogP contribution is -1.83. The van der Waals surface area contributed by atoms with Gasteiger partial charge in [0.1, 0.15) is 22.6 Å². The predicted molar refractivity (Wildman–Crippen MR) is 171 cm³/mol. The molecule has 204 valence electrons. The van der Waals surface area contributed by atoms with Gasteiger partial charge in [-0.1, -0.05) is 108 Å². The third kappa shape index (κ3) is 3.64. The molecule has 0 unspecified atom stereocenters. The van der Waals surface area contributed by atoms with Crippen LogP contribution in [0.15, 0.2) is 78.9 Å². The number of rotatable bonds is 0. The second-order valence-electron chi connectivity index (χ2n) is 10.2. The lowest BCUT2D eigenvalue weighted by molar-refractivity contribution is 1.19.